The van der Waals surface area contributed by atoms with E-state index in [0.29, 0.717) is 5.88 Å². The number of aryl methyl sites for hydroxylation is 1. The Kier molecular flexibility index (Phi) is 3.69. The standard InChI is InChI=1S/C14H16ClN5/c1-11(10-19-9-3-8-17-19)20-13(5-6-15)18-12-4-2-7-16-14(12)20/h2-4,7-9,11H,5-6,10H2,1H3. The lowest BCUT2D eigenvalue weighted by molar-refractivity contribution is 0.434. The summed E-state index contributed by atoms with van der Waals surface area (Å²) in [6.07, 6.45) is 6.29. The maximum atomic E-state index is 5.89. The number of hydrogen-bond donors (Lipinski definition) is 0. The molecule has 0 spiro atoms. The third-order valence-electron chi connectivity index (χ3n) is 3.29. The van der Waals surface area contributed by atoms with Crippen LogP contribution < -0.4 is 0 Å². The van der Waals surface area contributed by atoms with Gasteiger partial charge in [0.15, 0.2) is 5.65 Å². The van der Waals surface area contributed by atoms with Crippen molar-refractivity contribution in [2.75, 3.05) is 5.88 Å². The second-order valence-corrected chi connectivity index (χ2v) is 5.14. The summed E-state index contributed by atoms with van der Waals surface area (Å²) < 4.78 is 4.09. The summed E-state index contributed by atoms with van der Waals surface area (Å²) in [5.41, 5.74) is 1.83. The summed E-state index contributed by atoms with van der Waals surface area (Å²) in [6.45, 7) is 2.93. The summed E-state index contributed by atoms with van der Waals surface area (Å²) >= 11 is 5.89. The van der Waals surface area contributed by atoms with Crippen LogP contribution in [0.5, 0.6) is 0 Å². The fourth-order valence-electron chi connectivity index (χ4n) is 2.46. The van der Waals surface area contributed by atoms with E-state index in [0.717, 1.165) is 30.0 Å². The number of alkyl halides is 1. The van der Waals surface area contributed by atoms with Crippen LogP contribution in [-0.4, -0.2) is 30.2 Å². The summed E-state index contributed by atoms with van der Waals surface area (Å²) in [5.74, 6) is 1.53. The molecule has 5 nitrogen and oxygen atoms in total. The minimum atomic E-state index is 0.216. The molecule has 0 aromatic carbocycles. The Labute approximate surface area is 122 Å². The number of nitrogens with zero attached hydrogens (tertiary/aromatic N) is 5. The Morgan fingerprint density at radius 2 is 2.20 bits per heavy atom. The van der Waals surface area contributed by atoms with Crippen molar-refractivity contribution >= 4 is 22.8 Å². The van der Waals surface area contributed by atoms with Gasteiger partial charge in [0.25, 0.3) is 0 Å². The van der Waals surface area contributed by atoms with Crippen molar-refractivity contribution < 1.29 is 0 Å². The molecular formula is C14H16ClN5. The van der Waals surface area contributed by atoms with Gasteiger partial charge in [-0.15, -0.1) is 11.6 Å². The molecule has 20 heavy (non-hydrogen) atoms. The largest absolute Gasteiger partial charge is 0.308 e. The first-order valence-corrected chi connectivity index (χ1v) is 7.18. The van der Waals surface area contributed by atoms with E-state index in [9.17, 15) is 0 Å². The van der Waals surface area contributed by atoms with Crippen molar-refractivity contribution in [2.45, 2.75) is 25.9 Å². The molecule has 0 radical (unpaired) electrons. The highest BCUT2D eigenvalue weighted by Gasteiger charge is 2.16. The normalized spacial score (nSPS) is 12.9. The zero-order valence-electron chi connectivity index (χ0n) is 11.3. The lowest BCUT2D eigenvalue weighted by Gasteiger charge is -2.16. The van der Waals surface area contributed by atoms with E-state index >= 15 is 0 Å². The van der Waals surface area contributed by atoms with Crippen LogP contribution in [0.4, 0.5) is 0 Å². The van der Waals surface area contributed by atoms with Gasteiger partial charge in [0.1, 0.15) is 11.3 Å². The van der Waals surface area contributed by atoms with Crippen LogP contribution in [0.1, 0.15) is 18.8 Å². The highest BCUT2D eigenvalue weighted by atomic mass is 35.5. The Morgan fingerprint density at radius 1 is 1.30 bits per heavy atom. The predicted octanol–water partition coefficient (Wildman–Crippen LogP) is 2.67. The minimum absolute atomic E-state index is 0.216. The highest BCUT2D eigenvalue weighted by molar-refractivity contribution is 6.17. The van der Waals surface area contributed by atoms with Gasteiger partial charge in [0.05, 0.1) is 12.6 Å². The van der Waals surface area contributed by atoms with E-state index in [2.05, 4.69) is 26.6 Å². The monoisotopic (exact) mass is 289 g/mol. The molecule has 3 rings (SSSR count). The minimum Gasteiger partial charge on any atom is -0.308 e. The number of imidazole rings is 1. The molecule has 0 saturated heterocycles. The van der Waals surface area contributed by atoms with Crippen LogP contribution in [0.25, 0.3) is 11.2 Å². The van der Waals surface area contributed by atoms with Gasteiger partial charge >= 0.3 is 0 Å². The molecule has 3 aromatic rings. The SMILES string of the molecule is CC(Cn1cccn1)n1c(CCCl)nc2cccnc21. The Morgan fingerprint density at radius 3 is 2.95 bits per heavy atom. The molecule has 0 aliphatic heterocycles. The van der Waals surface area contributed by atoms with Crippen molar-refractivity contribution in [1.82, 2.24) is 24.3 Å². The van der Waals surface area contributed by atoms with Crippen molar-refractivity contribution in [1.29, 1.82) is 0 Å². The smallest absolute Gasteiger partial charge is 0.160 e. The van der Waals surface area contributed by atoms with Crippen LogP contribution >= 0.6 is 11.6 Å². The maximum absolute atomic E-state index is 5.89. The quantitative estimate of drug-likeness (QED) is 0.679. The number of aromatic nitrogens is 5. The molecule has 6 heteroatoms. The number of rotatable bonds is 5. The molecule has 0 aliphatic carbocycles. The Hall–Kier alpha value is -1.88. The number of halogens is 1. The zero-order chi connectivity index (χ0) is 13.9. The molecule has 0 aliphatic rings. The molecule has 1 unspecified atom stereocenters. The van der Waals surface area contributed by atoms with Gasteiger partial charge in [-0.05, 0) is 25.1 Å². The first kappa shape index (κ1) is 13.1. The van der Waals surface area contributed by atoms with Crippen molar-refractivity contribution in [3.63, 3.8) is 0 Å². The predicted molar refractivity (Wildman–Crippen MR) is 78.9 cm³/mol. The molecule has 0 N–H and O–H groups in total. The van der Waals surface area contributed by atoms with Crippen LogP contribution in [0.3, 0.4) is 0 Å². The number of hydrogen-bond acceptors (Lipinski definition) is 3. The zero-order valence-corrected chi connectivity index (χ0v) is 12.0. The van der Waals surface area contributed by atoms with Gasteiger partial charge in [-0.3, -0.25) is 4.68 Å². The molecule has 1 atom stereocenters. The molecule has 0 bridgehead atoms. The summed E-state index contributed by atoms with van der Waals surface area (Å²) in [6, 6.07) is 6.03. The number of fused-ring (bicyclic) bond motifs is 1. The van der Waals surface area contributed by atoms with E-state index in [4.69, 9.17) is 11.6 Å². The molecule has 0 amide bonds. The van der Waals surface area contributed by atoms with Gasteiger partial charge in [0.2, 0.25) is 0 Å². The van der Waals surface area contributed by atoms with Crippen molar-refractivity contribution in [3.8, 4) is 0 Å². The second-order valence-electron chi connectivity index (χ2n) is 4.76. The van der Waals surface area contributed by atoms with E-state index < -0.39 is 0 Å². The van der Waals surface area contributed by atoms with E-state index in [1.54, 1.807) is 12.4 Å². The van der Waals surface area contributed by atoms with Gasteiger partial charge in [-0.25, -0.2) is 9.97 Å². The topological polar surface area (TPSA) is 48.5 Å². The highest BCUT2D eigenvalue weighted by Crippen LogP contribution is 2.21. The van der Waals surface area contributed by atoms with Crippen LogP contribution in [0, 0.1) is 0 Å². The Bertz CT molecular complexity index is 689. The first-order valence-electron chi connectivity index (χ1n) is 6.65. The first-order chi connectivity index (χ1) is 9.79. The van der Waals surface area contributed by atoms with Gasteiger partial charge < -0.3 is 4.57 Å². The van der Waals surface area contributed by atoms with Crippen molar-refractivity contribution in [3.05, 3.63) is 42.6 Å². The lowest BCUT2D eigenvalue weighted by atomic mass is 10.3. The molecular weight excluding hydrogens is 274 g/mol. The van der Waals surface area contributed by atoms with Gasteiger partial charge in [-0.2, -0.15) is 5.10 Å². The fraction of sp³-hybridized carbons (Fsp3) is 0.357. The average Bonchev–Trinajstić information content (AvgIpc) is 3.05. The summed E-state index contributed by atoms with van der Waals surface area (Å²) in [7, 11) is 0. The number of pyridine rings is 1. The van der Waals surface area contributed by atoms with Crippen LogP contribution in [0.2, 0.25) is 0 Å². The van der Waals surface area contributed by atoms with E-state index in [-0.39, 0.29) is 6.04 Å². The molecule has 3 heterocycles. The van der Waals surface area contributed by atoms with Gasteiger partial charge in [0, 0.05) is 30.9 Å². The average molecular weight is 290 g/mol. The van der Waals surface area contributed by atoms with E-state index in [1.807, 2.05) is 29.1 Å². The maximum Gasteiger partial charge on any atom is 0.160 e. The lowest BCUT2D eigenvalue weighted by Crippen LogP contribution is -2.16. The van der Waals surface area contributed by atoms with Gasteiger partial charge in [-0.1, -0.05) is 0 Å². The van der Waals surface area contributed by atoms with Crippen LogP contribution in [0.15, 0.2) is 36.8 Å². The van der Waals surface area contributed by atoms with Crippen LogP contribution in [-0.2, 0) is 13.0 Å². The molecule has 104 valence electrons. The molecule has 0 fully saturated rings. The molecule has 3 aromatic heterocycles. The third-order valence-corrected chi connectivity index (χ3v) is 3.48. The third kappa shape index (κ3) is 2.41. The fourth-order valence-corrected chi connectivity index (χ4v) is 2.63. The second kappa shape index (κ2) is 5.63. The molecule has 0 saturated carbocycles. The summed E-state index contributed by atoms with van der Waals surface area (Å²) in [5, 5.41) is 4.26. The Balaban J connectivity index is 2.01. The van der Waals surface area contributed by atoms with E-state index in [1.165, 1.54) is 0 Å². The van der Waals surface area contributed by atoms with Crippen molar-refractivity contribution in [2.24, 2.45) is 0 Å². The summed E-state index contributed by atoms with van der Waals surface area (Å²) in [4.78, 5) is 9.10.